The van der Waals surface area contributed by atoms with Crippen LogP contribution in [0.4, 0.5) is 0 Å². The van der Waals surface area contributed by atoms with E-state index in [2.05, 4.69) is 52.8 Å². The summed E-state index contributed by atoms with van der Waals surface area (Å²) in [6.07, 6.45) is 10.7. The second-order valence-electron chi connectivity index (χ2n) is 5.69. The highest BCUT2D eigenvalue weighted by Crippen LogP contribution is 2.31. The molecule has 4 rings (SSSR count). The van der Waals surface area contributed by atoms with E-state index in [0.29, 0.717) is 11.3 Å². The first-order valence-electron chi connectivity index (χ1n) is 8.02. The molecule has 1 aromatic carbocycles. The summed E-state index contributed by atoms with van der Waals surface area (Å²) in [7, 11) is 0. The largest absolute Gasteiger partial charge is 0.316 e. The molecule has 5 heteroatoms. The van der Waals surface area contributed by atoms with Crippen LogP contribution in [0.3, 0.4) is 0 Å². The monoisotopic (exact) mass is 341 g/mol. The maximum absolute atomic E-state index is 4.79. The molecule has 3 nitrogen and oxygen atoms in total. The smallest absolute Gasteiger partial charge is 0.0951 e. The van der Waals surface area contributed by atoms with Crippen molar-refractivity contribution < 1.29 is 0 Å². The number of nitrogens with zero attached hydrogens (tertiary/aromatic N) is 2. The Morgan fingerprint density at radius 2 is 1.91 bits per heavy atom. The summed E-state index contributed by atoms with van der Waals surface area (Å²) in [5.41, 5.74) is 1.12. The fourth-order valence-electron chi connectivity index (χ4n) is 2.82. The van der Waals surface area contributed by atoms with Gasteiger partial charge in [0.05, 0.1) is 31.6 Å². The van der Waals surface area contributed by atoms with Gasteiger partial charge < -0.3 is 5.32 Å². The van der Waals surface area contributed by atoms with Gasteiger partial charge in [0.25, 0.3) is 0 Å². The lowest BCUT2D eigenvalue weighted by atomic mass is 10.1. The van der Waals surface area contributed by atoms with Crippen LogP contribution < -0.4 is 5.32 Å². The molecule has 2 heterocycles. The highest BCUT2D eigenvalue weighted by atomic mass is 32.2. The molecule has 0 fully saturated rings. The number of fused-ring (bicyclic) bond motifs is 2. The molecule has 2 atom stereocenters. The van der Waals surface area contributed by atoms with Crippen molar-refractivity contribution in [2.75, 3.05) is 13.1 Å². The maximum atomic E-state index is 4.79. The van der Waals surface area contributed by atoms with E-state index in [1.807, 2.05) is 17.8 Å². The molecule has 0 radical (unpaired) electrons. The molecule has 2 aliphatic rings. The summed E-state index contributed by atoms with van der Waals surface area (Å²) in [5, 5.41) is 6.55. The third-order valence-electron chi connectivity index (χ3n) is 3.99. The number of benzene rings is 1. The first kappa shape index (κ1) is 15.1. The molecule has 1 aromatic heterocycles. The highest BCUT2D eigenvalue weighted by molar-refractivity contribution is 8.14. The summed E-state index contributed by atoms with van der Waals surface area (Å²) in [4.78, 5) is 9.46. The van der Waals surface area contributed by atoms with Gasteiger partial charge in [-0.25, -0.2) is 4.98 Å². The summed E-state index contributed by atoms with van der Waals surface area (Å²) in [5.74, 6) is 0. The van der Waals surface area contributed by atoms with Gasteiger partial charge in [0, 0.05) is 25.9 Å². The van der Waals surface area contributed by atoms with E-state index in [-0.39, 0.29) is 0 Å². The normalized spacial score (nSPS) is 22.5. The molecule has 0 saturated heterocycles. The molecular formula is C18H19N3S2. The predicted molar refractivity (Wildman–Crippen MR) is 102 cm³/mol. The van der Waals surface area contributed by atoms with Crippen LogP contribution in [-0.2, 0) is 6.42 Å². The molecule has 1 aliphatic heterocycles. The zero-order valence-corrected chi connectivity index (χ0v) is 14.4. The van der Waals surface area contributed by atoms with Crippen molar-refractivity contribution in [3.05, 3.63) is 53.6 Å². The van der Waals surface area contributed by atoms with Gasteiger partial charge >= 0.3 is 0 Å². The van der Waals surface area contributed by atoms with Crippen molar-refractivity contribution in [1.29, 1.82) is 0 Å². The number of aliphatic imine (C=N–C) groups is 1. The summed E-state index contributed by atoms with van der Waals surface area (Å²) in [6.45, 7) is 1.97. The number of para-hydroxylation sites is 1. The number of thiazole rings is 1. The SMILES string of the molecule is C1=CC2N=C(CCNCCc3nc4ccccc4s3)SC2C=C1. The Labute approximate surface area is 144 Å². The van der Waals surface area contributed by atoms with Crippen LogP contribution in [0.5, 0.6) is 0 Å². The first-order chi connectivity index (χ1) is 11.4. The quantitative estimate of drug-likeness (QED) is 0.812. The number of aromatic nitrogens is 1. The average molecular weight is 342 g/mol. The average Bonchev–Trinajstić information content (AvgIpc) is 3.17. The Hall–Kier alpha value is -1.43. The molecule has 1 aliphatic carbocycles. The van der Waals surface area contributed by atoms with Crippen LogP contribution in [0.2, 0.25) is 0 Å². The highest BCUT2D eigenvalue weighted by Gasteiger charge is 2.26. The Bertz CT molecular complexity index is 742. The lowest BCUT2D eigenvalue weighted by Gasteiger charge is -2.11. The number of hydrogen-bond acceptors (Lipinski definition) is 5. The van der Waals surface area contributed by atoms with E-state index >= 15 is 0 Å². The van der Waals surface area contributed by atoms with Crippen LogP contribution in [0.15, 0.2) is 53.6 Å². The van der Waals surface area contributed by atoms with E-state index < -0.39 is 0 Å². The van der Waals surface area contributed by atoms with Crippen molar-refractivity contribution in [3.63, 3.8) is 0 Å². The van der Waals surface area contributed by atoms with Gasteiger partial charge in [-0.3, -0.25) is 4.99 Å². The van der Waals surface area contributed by atoms with Crippen molar-refractivity contribution in [2.24, 2.45) is 4.99 Å². The second kappa shape index (κ2) is 6.99. The van der Waals surface area contributed by atoms with E-state index in [0.717, 1.165) is 31.4 Å². The third-order valence-corrected chi connectivity index (χ3v) is 6.38. The molecule has 23 heavy (non-hydrogen) atoms. The van der Waals surface area contributed by atoms with Gasteiger partial charge in [0.15, 0.2) is 0 Å². The molecule has 118 valence electrons. The number of hydrogen-bond donors (Lipinski definition) is 1. The fourth-order valence-corrected chi connectivity index (χ4v) is 4.96. The predicted octanol–water partition coefficient (Wildman–Crippen LogP) is 3.83. The molecule has 2 aromatic rings. The number of nitrogens with one attached hydrogen (secondary N) is 1. The van der Waals surface area contributed by atoms with Crippen LogP contribution in [0.25, 0.3) is 10.2 Å². The zero-order valence-electron chi connectivity index (χ0n) is 12.8. The lowest BCUT2D eigenvalue weighted by Crippen LogP contribution is -2.20. The number of allylic oxidation sites excluding steroid dienone is 2. The van der Waals surface area contributed by atoms with Crippen molar-refractivity contribution in [2.45, 2.75) is 24.1 Å². The van der Waals surface area contributed by atoms with Gasteiger partial charge in [-0.1, -0.05) is 36.4 Å². The van der Waals surface area contributed by atoms with Crippen molar-refractivity contribution in [1.82, 2.24) is 10.3 Å². The minimum Gasteiger partial charge on any atom is -0.316 e. The van der Waals surface area contributed by atoms with Crippen LogP contribution >= 0.6 is 23.1 Å². The zero-order chi connectivity index (χ0) is 15.5. The third kappa shape index (κ3) is 3.57. The molecular weight excluding hydrogens is 322 g/mol. The molecule has 0 saturated carbocycles. The topological polar surface area (TPSA) is 37.3 Å². The van der Waals surface area contributed by atoms with E-state index in [1.54, 1.807) is 11.3 Å². The minimum absolute atomic E-state index is 0.364. The molecule has 2 unspecified atom stereocenters. The van der Waals surface area contributed by atoms with Crippen LogP contribution in [-0.4, -0.2) is 34.4 Å². The Morgan fingerprint density at radius 1 is 1.04 bits per heavy atom. The summed E-state index contributed by atoms with van der Waals surface area (Å²) < 4.78 is 1.28. The molecule has 0 amide bonds. The summed E-state index contributed by atoms with van der Waals surface area (Å²) >= 11 is 3.71. The van der Waals surface area contributed by atoms with E-state index in [1.165, 1.54) is 14.8 Å². The molecule has 0 spiro atoms. The van der Waals surface area contributed by atoms with Crippen LogP contribution in [0.1, 0.15) is 11.4 Å². The molecule has 1 N–H and O–H groups in total. The Kier molecular flexibility index (Phi) is 4.60. The van der Waals surface area contributed by atoms with E-state index in [4.69, 9.17) is 4.99 Å². The Balaban J connectivity index is 1.21. The fraction of sp³-hybridized carbons (Fsp3) is 0.333. The lowest BCUT2D eigenvalue weighted by molar-refractivity contribution is 0.697. The standard InChI is InChI=1S/C18H19N3S2/c1-3-7-15-13(5-1)20-17(22-15)9-11-19-12-10-18-21-14-6-2-4-8-16(14)23-18/h1-8,13,15,19H,9-12H2. The van der Waals surface area contributed by atoms with Crippen molar-refractivity contribution in [3.8, 4) is 0 Å². The van der Waals surface area contributed by atoms with Gasteiger partial charge in [0.2, 0.25) is 0 Å². The van der Waals surface area contributed by atoms with Gasteiger partial charge in [0.1, 0.15) is 0 Å². The van der Waals surface area contributed by atoms with Crippen LogP contribution in [0, 0.1) is 0 Å². The van der Waals surface area contributed by atoms with Gasteiger partial charge in [-0.2, -0.15) is 0 Å². The maximum Gasteiger partial charge on any atom is 0.0951 e. The van der Waals surface area contributed by atoms with E-state index in [9.17, 15) is 0 Å². The number of rotatable bonds is 6. The first-order valence-corrected chi connectivity index (χ1v) is 9.71. The van der Waals surface area contributed by atoms with Gasteiger partial charge in [-0.15, -0.1) is 23.1 Å². The second-order valence-corrected chi connectivity index (χ2v) is 8.06. The number of thioether (sulfide) groups is 1. The molecule has 0 bridgehead atoms. The van der Waals surface area contributed by atoms with Crippen molar-refractivity contribution >= 4 is 38.4 Å². The summed E-state index contributed by atoms with van der Waals surface area (Å²) in [6, 6.07) is 8.71. The minimum atomic E-state index is 0.364. The van der Waals surface area contributed by atoms with Gasteiger partial charge in [-0.05, 0) is 12.1 Å². The Morgan fingerprint density at radius 3 is 2.83 bits per heavy atom.